The lowest BCUT2D eigenvalue weighted by Crippen LogP contribution is -2.75. The molecule has 1 saturated heterocycles. The first-order valence-electron chi connectivity index (χ1n) is 14.1. The van der Waals surface area contributed by atoms with Gasteiger partial charge in [-0.15, -0.1) is 0 Å². The lowest BCUT2D eigenvalue weighted by Gasteiger charge is -2.66. The van der Waals surface area contributed by atoms with Crippen LogP contribution in [0, 0.1) is 28.6 Å². The summed E-state index contributed by atoms with van der Waals surface area (Å²) in [5, 5.41) is 35.3. The van der Waals surface area contributed by atoms with Crippen LogP contribution in [0.25, 0.3) is 0 Å². The van der Waals surface area contributed by atoms with E-state index in [-0.39, 0.29) is 24.9 Å². The van der Waals surface area contributed by atoms with Crippen molar-refractivity contribution in [3.8, 4) is 0 Å². The van der Waals surface area contributed by atoms with Gasteiger partial charge in [0.2, 0.25) is 0 Å². The van der Waals surface area contributed by atoms with Gasteiger partial charge in [0.05, 0.1) is 24.4 Å². The molecule has 1 aromatic rings. The van der Waals surface area contributed by atoms with E-state index in [1.165, 1.54) is 0 Å². The molecule has 1 aromatic carbocycles. The zero-order valence-electron chi connectivity index (χ0n) is 23.8. The number of carbonyl (C=O) groups is 2. The van der Waals surface area contributed by atoms with Gasteiger partial charge in [-0.3, -0.25) is 4.79 Å². The second-order valence-corrected chi connectivity index (χ2v) is 13.3. The number of nitrogens with two attached hydrogens (primary N) is 1. The van der Waals surface area contributed by atoms with Gasteiger partial charge in [-0.2, -0.15) is 0 Å². The van der Waals surface area contributed by atoms with Crippen molar-refractivity contribution < 1.29 is 34.4 Å². The molecule has 0 aromatic heterocycles. The molecule has 8 heteroatoms. The quantitative estimate of drug-likeness (QED) is 0.337. The Balaban J connectivity index is 1.55. The van der Waals surface area contributed by atoms with E-state index in [1.807, 2.05) is 47.6 Å². The number of benzene rings is 1. The summed E-state index contributed by atoms with van der Waals surface area (Å²) in [6.07, 6.45) is -1.60. The van der Waals surface area contributed by atoms with Gasteiger partial charge in [-0.1, -0.05) is 65.0 Å². The number of carbonyl (C=O) groups excluding carboxylic acids is 2. The zero-order chi connectivity index (χ0) is 28.7. The topological polar surface area (TPSA) is 139 Å². The summed E-state index contributed by atoms with van der Waals surface area (Å²) < 4.78 is 11.6. The molecule has 1 heterocycles. The Hall–Kier alpha value is -2.10. The fraction of sp³-hybridized carbons (Fsp3) is 0.677. The van der Waals surface area contributed by atoms with E-state index in [2.05, 4.69) is 0 Å². The molecule has 5 rings (SSSR count). The molecule has 2 bridgehead atoms. The normalized spacial score (nSPS) is 42.7. The van der Waals surface area contributed by atoms with Crippen molar-refractivity contribution in [2.24, 2.45) is 34.3 Å². The van der Waals surface area contributed by atoms with Crippen LogP contribution in [0.5, 0.6) is 0 Å². The molecule has 5 N–H and O–H groups in total. The maximum absolute atomic E-state index is 14.3. The molecule has 7 unspecified atom stereocenters. The predicted molar refractivity (Wildman–Crippen MR) is 144 cm³/mol. The van der Waals surface area contributed by atoms with Crippen LogP contribution in [0.15, 0.2) is 41.5 Å². The van der Waals surface area contributed by atoms with Gasteiger partial charge in [0.25, 0.3) is 0 Å². The fourth-order valence-electron chi connectivity index (χ4n) is 8.87. The monoisotopic (exact) mass is 541 g/mol. The molecule has 4 aliphatic rings. The average molecular weight is 542 g/mol. The minimum Gasteiger partial charge on any atom is -0.456 e. The number of fused-ring (bicyclic) bond motifs is 5. The highest BCUT2D eigenvalue weighted by atomic mass is 16.6. The molecular formula is C31H43NO7. The Morgan fingerprint density at radius 3 is 2.38 bits per heavy atom. The number of hydrogen-bond donors (Lipinski definition) is 4. The Morgan fingerprint density at radius 2 is 1.79 bits per heavy atom. The van der Waals surface area contributed by atoms with Crippen molar-refractivity contribution in [2.45, 2.75) is 96.4 Å². The minimum absolute atomic E-state index is 0.0284. The van der Waals surface area contributed by atoms with E-state index in [0.717, 1.165) is 5.57 Å². The summed E-state index contributed by atoms with van der Waals surface area (Å²) in [6, 6.07) is 7.86. The van der Waals surface area contributed by atoms with Gasteiger partial charge >= 0.3 is 5.97 Å². The number of rotatable bonds is 4. The summed E-state index contributed by atoms with van der Waals surface area (Å²) in [5.74, 6) is -2.47. The second-order valence-electron chi connectivity index (χ2n) is 13.3. The largest absolute Gasteiger partial charge is 0.456 e. The van der Waals surface area contributed by atoms with Crippen molar-refractivity contribution in [1.82, 2.24) is 0 Å². The van der Waals surface area contributed by atoms with Crippen molar-refractivity contribution in [3.63, 3.8) is 0 Å². The highest BCUT2D eigenvalue weighted by molar-refractivity contribution is 5.90. The van der Waals surface area contributed by atoms with E-state index in [0.29, 0.717) is 24.0 Å². The third-order valence-electron chi connectivity index (χ3n) is 11.1. The van der Waals surface area contributed by atoms with Crippen LogP contribution in [0.1, 0.15) is 72.4 Å². The van der Waals surface area contributed by atoms with E-state index in [9.17, 15) is 24.9 Å². The summed E-state index contributed by atoms with van der Waals surface area (Å²) in [7, 11) is 0. The van der Waals surface area contributed by atoms with E-state index >= 15 is 0 Å². The van der Waals surface area contributed by atoms with Crippen LogP contribution < -0.4 is 5.73 Å². The van der Waals surface area contributed by atoms with Crippen molar-refractivity contribution in [1.29, 1.82) is 0 Å². The highest BCUT2D eigenvalue weighted by Gasteiger charge is 2.71. The standard InChI is InChI=1S/C31H43NO7/c1-16-20(39-27(35)24(33)23(32)19-10-8-7-9-11-19)14-31(37)18(3)25-29(6,13-12-21-30(25,36)15-38-21)26(34)17(2)22(16)28(31,4)5/h7-11,17-18,20-21,23-25,33,36-37H,12-15,32H2,1-6H3/t17-,18+,20?,21?,23?,24?,25?,29-,30?,31?/m1/s1. The molecule has 214 valence electrons. The van der Waals surface area contributed by atoms with Crippen molar-refractivity contribution >= 4 is 11.8 Å². The predicted octanol–water partition coefficient (Wildman–Crippen LogP) is 2.84. The lowest BCUT2D eigenvalue weighted by atomic mass is 9.42. The first-order chi connectivity index (χ1) is 18.1. The minimum atomic E-state index is -1.61. The Morgan fingerprint density at radius 1 is 1.15 bits per heavy atom. The van der Waals surface area contributed by atoms with Gasteiger partial charge < -0.3 is 30.5 Å². The Bertz CT molecular complexity index is 1200. The molecule has 0 spiro atoms. The number of aliphatic hydroxyl groups is 3. The number of esters is 1. The van der Waals surface area contributed by atoms with Gasteiger partial charge in [-0.05, 0) is 42.4 Å². The van der Waals surface area contributed by atoms with Gasteiger partial charge in [0.15, 0.2) is 6.10 Å². The summed E-state index contributed by atoms with van der Waals surface area (Å²) in [4.78, 5) is 27.5. The molecule has 1 aliphatic heterocycles. The lowest BCUT2D eigenvalue weighted by molar-refractivity contribution is -0.319. The SMILES string of the molecule is CC1=C2[C@@H](C)C(=O)[C@]3(C)CCC4OCC4(O)C3[C@H](C)C(O)(CC1OC(=O)C(O)C(N)c1ccccc1)C2(C)C. The van der Waals surface area contributed by atoms with Crippen LogP contribution in [-0.2, 0) is 19.1 Å². The van der Waals surface area contributed by atoms with Crippen LogP contribution in [-0.4, -0.2) is 63.2 Å². The zero-order valence-corrected chi connectivity index (χ0v) is 23.8. The van der Waals surface area contributed by atoms with Gasteiger partial charge in [0.1, 0.15) is 17.5 Å². The summed E-state index contributed by atoms with van der Waals surface area (Å²) in [5.41, 5.74) is 3.93. The maximum Gasteiger partial charge on any atom is 0.337 e. The maximum atomic E-state index is 14.3. The van der Waals surface area contributed by atoms with Gasteiger partial charge in [0, 0.05) is 29.1 Å². The first-order valence-corrected chi connectivity index (χ1v) is 14.1. The van der Waals surface area contributed by atoms with Crippen LogP contribution in [0.3, 0.4) is 0 Å². The number of ether oxygens (including phenoxy) is 2. The number of hydrogen-bond acceptors (Lipinski definition) is 8. The molecule has 3 aliphatic carbocycles. The summed E-state index contributed by atoms with van der Waals surface area (Å²) >= 11 is 0. The third kappa shape index (κ3) is 3.82. The smallest absolute Gasteiger partial charge is 0.337 e. The van der Waals surface area contributed by atoms with Crippen molar-refractivity contribution in [3.05, 3.63) is 47.0 Å². The summed E-state index contributed by atoms with van der Waals surface area (Å²) in [6.45, 7) is 11.6. The van der Waals surface area contributed by atoms with E-state index in [1.54, 1.807) is 24.3 Å². The molecule has 8 nitrogen and oxygen atoms in total. The third-order valence-corrected chi connectivity index (χ3v) is 11.1. The van der Waals surface area contributed by atoms with E-state index < -0.39 is 64.0 Å². The van der Waals surface area contributed by atoms with Crippen molar-refractivity contribution in [2.75, 3.05) is 6.61 Å². The average Bonchev–Trinajstić information content (AvgIpc) is 2.88. The van der Waals surface area contributed by atoms with Gasteiger partial charge in [-0.25, -0.2) is 4.79 Å². The van der Waals surface area contributed by atoms with Crippen LogP contribution in [0.2, 0.25) is 0 Å². The Kier molecular flexibility index (Phi) is 6.71. The molecule has 39 heavy (non-hydrogen) atoms. The van der Waals surface area contributed by atoms with Crippen LogP contribution >= 0.6 is 0 Å². The molecule has 2 saturated carbocycles. The number of Topliss-reactive ketones (excluding diaryl/α,β-unsaturated/α-hetero) is 1. The number of aliphatic hydroxyl groups excluding tert-OH is 1. The molecular weight excluding hydrogens is 498 g/mol. The Labute approximate surface area is 230 Å². The fourth-order valence-corrected chi connectivity index (χ4v) is 8.87. The molecule has 3 fully saturated rings. The second kappa shape index (κ2) is 9.21. The molecule has 0 amide bonds. The molecule has 10 atom stereocenters. The number of ketones is 1. The molecule has 0 radical (unpaired) electrons. The highest BCUT2D eigenvalue weighted by Crippen LogP contribution is 2.65. The van der Waals surface area contributed by atoms with E-state index in [4.69, 9.17) is 15.2 Å². The van der Waals surface area contributed by atoms with Crippen LogP contribution in [0.4, 0.5) is 0 Å². The first kappa shape index (κ1) is 28.4.